The standard InChI is InChI=1S/C22H26N4O2S/c1-24(2)13-22-14-25(20(27)9-8-17-6-4-3-5-7-17)11-18(22)12-26(15-22)21(28)19-10-23-16-29-19/h3-10,16,18H,11-15H2,1-2H3/t18-,22+/m1/s1. The third kappa shape index (κ3) is 4.11. The Kier molecular flexibility index (Phi) is 5.52. The minimum absolute atomic E-state index is 0.0433. The van der Waals surface area contributed by atoms with Crippen molar-refractivity contribution in [3.05, 3.63) is 58.6 Å². The van der Waals surface area contributed by atoms with Crippen LogP contribution in [0.2, 0.25) is 0 Å². The van der Waals surface area contributed by atoms with Crippen molar-refractivity contribution >= 4 is 29.2 Å². The topological polar surface area (TPSA) is 56.8 Å². The number of thiazole rings is 1. The molecule has 0 aliphatic carbocycles. The Labute approximate surface area is 175 Å². The van der Waals surface area contributed by atoms with E-state index in [1.165, 1.54) is 11.3 Å². The Morgan fingerprint density at radius 1 is 1.21 bits per heavy atom. The van der Waals surface area contributed by atoms with E-state index in [4.69, 9.17) is 0 Å². The van der Waals surface area contributed by atoms with Crippen molar-refractivity contribution in [3.8, 4) is 0 Å². The molecule has 4 rings (SSSR count). The van der Waals surface area contributed by atoms with Gasteiger partial charge in [0, 0.05) is 50.1 Å². The van der Waals surface area contributed by atoms with Crippen LogP contribution in [-0.4, -0.2) is 78.3 Å². The third-order valence-corrected chi connectivity index (χ3v) is 6.61. The first-order chi connectivity index (χ1) is 14.0. The van der Waals surface area contributed by atoms with Crippen molar-refractivity contribution in [1.82, 2.24) is 19.7 Å². The number of hydrogen-bond acceptors (Lipinski definition) is 5. The van der Waals surface area contributed by atoms with Crippen molar-refractivity contribution in [1.29, 1.82) is 0 Å². The van der Waals surface area contributed by atoms with Gasteiger partial charge >= 0.3 is 0 Å². The molecule has 0 N–H and O–H groups in total. The van der Waals surface area contributed by atoms with E-state index in [9.17, 15) is 9.59 Å². The summed E-state index contributed by atoms with van der Waals surface area (Å²) in [5.41, 5.74) is 2.63. The maximum atomic E-state index is 12.8. The number of amides is 2. The first kappa shape index (κ1) is 19.8. The third-order valence-electron chi connectivity index (χ3n) is 5.85. The normalized spacial score (nSPS) is 23.9. The molecule has 2 saturated heterocycles. The number of hydrogen-bond donors (Lipinski definition) is 0. The summed E-state index contributed by atoms with van der Waals surface area (Å²) < 4.78 is 0. The smallest absolute Gasteiger partial charge is 0.265 e. The highest BCUT2D eigenvalue weighted by atomic mass is 32.1. The summed E-state index contributed by atoms with van der Waals surface area (Å²) in [5, 5.41) is 0. The maximum absolute atomic E-state index is 12.8. The van der Waals surface area contributed by atoms with Crippen LogP contribution in [0, 0.1) is 11.3 Å². The lowest BCUT2D eigenvalue weighted by Crippen LogP contribution is -2.43. The van der Waals surface area contributed by atoms with E-state index in [-0.39, 0.29) is 23.1 Å². The van der Waals surface area contributed by atoms with Gasteiger partial charge in [-0.15, -0.1) is 11.3 Å². The lowest BCUT2D eigenvalue weighted by Gasteiger charge is -2.31. The van der Waals surface area contributed by atoms with Crippen molar-refractivity contribution in [3.63, 3.8) is 0 Å². The molecule has 1 aromatic carbocycles. The summed E-state index contributed by atoms with van der Waals surface area (Å²) in [4.78, 5) is 36.4. The average molecular weight is 411 g/mol. The largest absolute Gasteiger partial charge is 0.338 e. The molecule has 0 spiro atoms. The molecule has 3 heterocycles. The van der Waals surface area contributed by atoms with E-state index in [2.05, 4.69) is 24.0 Å². The van der Waals surface area contributed by atoms with Crippen LogP contribution in [0.3, 0.4) is 0 Å². The summed E-state index contributed by atoms with van der Waals surface area (Å²) in [7, 11) is 4.11. The number of carbonyl (C=O) groups excluding carboxylic acids is 2. The fraction of sp³-hybridized carbons (Fsp3) is 0.409. The Hall–Kier alpha value is -2.51. The van der Waals surface area contributed by atoms with Crippen LogP contribution < -0.4 is 0 Å². The highest BCUT2D eigenvalue weighted by Gasteiger charge is 2.54. The highest BCUT2D eigenvalue weighted by Crippen LogP contribution is 2.43. The van der Waals surface area contributed by atoms with Gasteiger partial charge in [0.05, 0.1) is 11.7 Å². The molecule has 152 valence electrons. The molecule has 2 aliphatic heterocycles. The van der Waals surface area contributed by atoms with Crippen LogP contribution >= 0.6 is 11.3 Å². The molecule has 0 unspecified atom stereocenters. The van der Waals surface area contributed by atoms with Crippen molar-refractivity contribution in [2.24, 2.45) is 11.3 Å². The first-order valence-corrected chi connectivity index (χ1v) is 10.7. The number of fused-ring (bicyclic) bond motifs is 1. The van der Waals surface area contributed by atoms with Gasteiger partial charge in [-0.1, -0.05) is 30.3 Å². The minimum atomic E-state index is -0.0832. The van der Waals surface area contributed by atoms with E-state index < -0.39 is 0 Å². The lowest BCUT2D eigenvalue weighted by molar-refractivity contribution is -0.125. The molecule has 0 saturated carbocycles. The quantitative estimate of drug-likeness (QED) is 0.710. The second kappa shape index (κ2) is 8.08. The van der Waals surface area contributed by atoms with Gasteiger partial charge in [-0.25, -0.2) is 0 Å². The highest BCUT2D eigenvalue weighted by molar-refractivity contribution is 7.11. The molecular formula is C22H26N4O2S. The van der Waals surface area contributed by atoms with E-state index in [0.29, 0.717) is 31.1 Å². The molecule has 6 nitrogen and oxygen atoms in total. The Balaban J connectivity index is 1.47. The average Bonchev–Trinajstić information content (AvgIpc) is 3.40. The number of likely N-dealkylation sites (tertiary alicyclic amines) is 2. The zero-order chi connectivity index (χ0) is 20.4. The van der Waals surface area contributed by atoms with E-state index in [0.717, 1.165) is 12.1 Å². The summed E-state index contributed by atoms with van der Waals surface area (Å²) in [6, 6.07) is 9.86. The summed E-state index contributed by atoms with van der Waals surface area (Å²) in [5.74, 6) is 0.388. The Morgan fingerprint density at radius 3 is 2.62 bits per heavy atom. The zero-order valence-electron chi connectivity index (χ0n) is 16.8. The monoisotopic (exact) mass is 410 g/mol. The zero-order valence-corrected chi connectivity index (χ0v) is 17.6. The predicted octanol–water partition coefficient (Wildman–Crippen LogP) is 2.32. The van der Waals surface area contributed by atoms with Crippen molar-refractivity contribution < 1.29 is 9.59 Å². The molecule has 2 aliphatic rings. The molecule has 29 heavy (non-hydrogen) atoms. The van der Waals surface area contributed by atoms with Crippen LogP contribution in [0.1, 0.15) is 15.2 Å². The number of nitrogens with zero attached hydrogens (tertiary/aromatic N) is 4. The van der Waals surface area contributed by atoms with Gasteiger partial charge in [0.1, 0.15) is 4.88 Å². The van der Waals surface area contributed by atoms with Gasteiger partial charge in [-0.2, -0.15) is 0 Å². The second-order valence-electron chi connectivity index (χ2n) is 8.31. The molecule has 2 atom stereocenters. The predicted molar refractivity (Wildman–Crippen MR) is 115 cm³/mol. The molecule has 2 aromatic rings. The summed E-state index contributed by atoms with van der Waals surface area (Å²) in [6.45, 7) is 3.60. The van der Waals surface area contributed by atoms with Gasteiger partial charge in [0.25, 0.3) is 5.91 Å². The summed E-state index contributed by atoms with van der Waals surface area (Å²) in [6.07, 6.45) is 5.18. The number of benzene rings is 1. The van der Waals surface area contributed by atoms with Crippen molar-refractivity contribution in [2.45, 2.75) is 0 Å². The van der Waals surface area contributed by atoms with Gasteiger partial charge in [-0.3, -0.25) is 14.6 Å². The maximum Gasteiger partial charge on any atom is 0.265 e. The van der Waals surface area contributed by atoms with Gasteiger partial charge < -0.3 is 14.7 Å². The lowest BCUT2D eigenvalue weighted by atomic mass is 9.80. The van der Waals surface area contributed by atoms with Crippen molar-refractivity contribution in [2.75, 3.05) is 46.8 Å². The van der Waals surface area contributed by atoms with Gasteiger partial charge in [0.15, 0.2) is 0 Å². The summed E-state index contributed by atoms with van der Waals surface area (Å²) >= 11 is 1.38. The molecular weight excluding hydrogens is 384 g/mol. The number of aromatic nitrogens is 1. The van der Waals surface area contributed by atoms with E-state index >= 15 is 0 Å². The van der Waals surface area contributed by atoms with Gasteiger partial charge in [-0.05, 0) is 25.7 Å². The second-order valence-corrected chi connectivity index (χ2v) is 9.20. The van der Waals surface area contributed by atoms with Crippen LogP contribution in [0.15, 0.2) is 48.1 Å². The molecule has 0 radical (unpaired) electrons. The van der Waals surface area contributed by atoms with Crippen LogP contribution in [0.4, 0.5) is 0 Å². The molecule has 2 fully saturated rings. The van der Waals surface area contributed by atoms with Crippen LogP contribution in [-0.2, 0) is 4.79 Å². The Bertz CT molecular complexity index is 897. The van der Waals surface area contributed by atoms with Crippen LogP contribution in [0.5, 0.6) is 0 Å². The number of carbonyl (C=O) groups is 2. The van der Waals surface area contributed by atoms with Gasteiger partial charge in [0.2, 0.25) is 5.91 Å². The first-order valence-electron chi connectivity index (χ1n) is 9.81. The van der Waals surface area contributed by atoms with Crippen LogP contribution in [0.25, 0.3) is 6.08 Å². The fourth-order valence-corrected chi connectivity index (χ4v) is 5.26. The molecule has 0 bridgehead atoms. The molecule has 7 heteroatoms. The van der Waals surface area contributed by atoms with E-state index in [1.54, 1.807) is 17.8 Å². The minimum Gasteiger partial charge on any atom is -0.338 e. The Morgan fingerprint density at radius 2 is 1.93 bits per heavy atom. The fourth-order valence-electron chi connectivity index (χ4n) is 4.67. The SMILES string of the molecule is CN(C)C[C@@]12CN(C(=O)C=Cc3ccccc3)C[C@@H]1CN(C(=O)c1cncs1)C2. The molecule has 2 amide bonds. The molecule has 1 aromatic heterocycles. The number of rotatable bonds is 5. The van der Waals surface area contributed by atoms with E-state index in [1.807, 2.05) is 46.2 Å².